The summed E-state index contributed by atoms with van der Waals surface area (Å²) in [5, 5.41) is 27.1. The van der Waals surface area contributed by atoms with Gasteiger partial charge in [-0.2, -0.15) is 0 Å². The van der Waals surface area contributed by atoms with Gasteiger partial charge >= 0.3 is 0 Å². The second kappa shape index (κ2) is 10.5. The van der Waals surface area contributed by atoms with Crippen LogP contribution in [0.1, 0.15) is 43.0 Å². The minimum absolute atomic E-state index is 0.0280. The molecule has 1 aliphatic rings. The highest BCUT2D eigenvalue weighted by Gasteiger charge is 2.30. The van der Waals surface area contributed by atoms with Crippen molar-refractivity contribution in [3.8, 4) is 0 Å². The molecule has 2 aromatic heterocycles. The van der Waals surface area contributed by atoms with Crippen molar-refractivity contribution in [3.63, 3.8) is 0 Å². The van der Waals surface area contributed by atoms with Crippen molar-refractivity contribution in [1.82, 2.24) is 14.9 Å². The van der Waals surface area contributed by atoms with Gasteiger partial charge in [0.1, 0.15) is 6.26 Å². The van der Waals surface area contributed by atoms with E-state index < -0.39 is 6.10 Å². The molecule has 0 amide bonds. The maximum atomic E-state index is 12.1. The zero-order chi connectivity index (χ0) is 23.2. The summed E-state index contributed by atoms with van der Waals surface area (Å²) in [6, 6.07) is 16.8. The van der Waals surface area contributed by atoms with E-state index in [1.54, 1.807) is 35.3 Å². The predicted molar refractivity (Wildman–Crippen MR) is 129 cm³/mol. The first-order valence-corrected chi connectivity index (χ1v) is 11.3. The van der Waals surface area contributed by atoms with E-state index in [-0.39, 0.29) is 17.6 Å². The van der Waals surface area contributed by atoms with Crippen LogP contribution >= 0.6 is 0 Å². The molecule has 0 saturated carbocycles. The second-order valence-electron chi connectivity index (χ2n) is 8.51. The Labute approximate surface area is 193 Å². The van der Waals surface area contributed by atoms with E-state index in [4.69, 9.17) is 0 Å². The van der Waals surface area contributed by atoms with E-state index in [9.17, 15) is 15.0 Å². The summed E-state index contributed by atoms with van der Waals surface area (Å²) < 4.78 is 1.56. The molecule has 7 nitrogen and oxygen atoms in total. The molecule has 0 radical (unpaired) electrons. The summed E-state index contributed by atoms with van der Waals surface area (Å²) >= 11 is 0. The van der Waals surface area contributed by atoms with Crippen molar-refractivity contribution >= 4 is 5.69 Å². The van der Waals surface area contributed by atoms with Crippen LogP contribution in [0, 0.1) is 0 Å². The molecule has 7 heteroatoms. The molecule has 1 aliphatic heterocycles. The Kier molecular flexibility index (Phi) is 7.22. The number of nitrogens with one attached hydrogen (secondary N) is 2. The molecule has 3 aromatic rings. The maximum absolute atomic E-state index is 12.1. The lowest BCUT2D eigenvalue weighted by Gasteiger charge is -2.21. The van der Waals surface area contributed by atoms with Crippen LogP contribution in [-0.2, 0) is 6.42 Å². The summed E-state index contributed by atoms with van der Waals surface area (Å²) in [6.07, 6.45) is 8.37. The third-order valence-corrected chi connectivity index (χ3v) is 6.27. The minimum atomic E-state index is -0.557. The number of hydrogen-bond donors (Lipinski definition) is 4. The number of pyridine rings is 2. The number of allylic oxidation sites excluding steroid dienone is 1. The molecule has 0 aliphatic carbocycles. The first-order valence-electron chi connectivity index (χ1n) is 11.3. The van der Waals surface area contributed by atoms with Gasteiger partial charge in [0.2, 0.25) is 0 Å². The van der Waals surface area contributed by atoms with Crippen molar-refractivity contribution in [2.24, 2.45) is 0 Å². The summed E-state index contributed by atoms with van der Waals surface area (Å²) in [6.45, 7) is 1.85. The number of aliphatic hydroxyl groups excluding tert-OH is 2. The number of anilines is 1. The van der Waals surface area contributed by atoms with E-state index in [1.807, 2.05) is 31.2 Å². The topological polar surface area (TPSA) is 99.4 Å². The summed E-state index contributed by atoms with van der Waals surface area (Å²) in [7, 11) is 0. The third-order valence-electron chi connectivity index (χ3n) is 6.27. The fourth-order valence-corrected chi connectivity index (χ4v) is 4.37. The Morgan fingerprint density at radius 1 is 1.21 bits per heavy atom. The average molecular weight is 447 g/mol. The zero-order valence-corrected chi connectivity index (χ0v) is 18.6. The van der Waals surface area contributed by atoms with Gasteiger partial charge in [-0.3, -0.25) is 9.78 Å². The second-order valence-corrected chi connectivity index (χ2v) is 8.51. The molecule has 3 heterocycles. The molecule has 33 heavy (non-hydrogen) atoms. The number of nitrogens with zero attached hydrogens (tertiary/aromatic N) is 2. The molecule has 4 rings (SSSR count). The highest BCUT2D eigenvalue weighted by Crippen LogP contribution is 2.27. The fraction of sp³-hybridized carbons (Fsp3) is 0.308. The Bertz CT molecular complexity index is 1130. The van der Waals surface area contributed by atoms with E-state index >= 15 is 0 Å². The molecule has 1 saturated heterocycles. The van der Waals surface area contributed by atoms with Crippen LogP contribution < -0.4 is 16.2 Å². The summed E-state index contributed by atoms with van der Waals surface area (Å²) in [4.78, 5) is 16.2. The molecular weight excluding hydrogens is 416 g/mol. The summed E-state index contributed by atoms with van der Waals surface area (Å²) in [5.74, 6) is 0. The van der Waals surface area contributed by atoms with Crippen LogP contribution in [-0.4, -0.2) is 31.8 Å². The van der Waals surface area contributed by atoms with E-state index in [2.05, 4.69) is 27.8 Å². The van der Waals surface area contributed by atoms with Gasteiger partial charge in [0, 0.05) is 48.0 Å². The number of hydrogen-bond acceptors (Lipinski definition) is 6. The van der Waals surface area contributed by atoms with Crippen LogP contribution in [0.15, 0.2) is 89.9 Å². The lowest BCUT2D eigenvalue weighted by atomic mass is 10.0. The normalized spacial score (nSPS) is 20.4. The van der Waals surface area contributed by atoms with Crippen molar-refractivity contribution in [1.29, 1.82) is 0 Å². The first-order chi connectivity index (χ1) is 16.0. The quantitative estimate of drug-likeness (QED) is 0.394. The van der Waals surface area contributed by atoms with Gasteiger partial charge in [-0.25, -0.2) is 0 Å². The lowest BCUT2D eigenvalue weighted by molar-refractivity contribution is 0.135. The van der Waals surface area contributed by atoms with Crippen LogP contribution in [0.5, 0.6) is 0 Å². The Morgan fingerprint density at radius 2 is 2.03 bits per heavy atom. The van der Waals surface area contributed by atoms with Gasteiger partial charge in [0.15, 0.2) is 0 Å². The zero-order valence-electron chi connectivity index (χ0n) is 18.6. The Balaban J connectivity index is 1.34. The smallest absolute Gasteiger partial charge is 0.251 e. The molecule has 172 valence electrons. The van der Waals surface area contributed by atoms with Gasteiger partial charge < -0.3 is 25.4 Å². The summed E-state index contributed by atoms with van der Waals surface area (Å²) in [5.41, 5.74) is 3.26. The van der Waals surface area contributed by atoms with Gasteiger partial charge in [-0.1, -0.05) is 24.3 Å². The van der Waals surface area contributed by atoms with Crippen molar-refractivity contribution in [2.75, 3.05) is 5.32 Å². The predicted octanol–water partition coefficient (Wildman–Crippen LogP) is 3.71. The molecule has 4 N–H and O–H groups in total. The molecule has 0 spiro atoms. The van der Waals surface area contributed by atoms with Crippen LogP contribution in [0.3, 0.4) is 0 Å². The van der Waals surface area contributed by atoms with Gasteiger partial charge in [-0.05, 0) is 56.0 Å². The van der Waals surface area contributed by atoms with Crippen molar-refractivity contribution in [2.45, 2.75) is 50.4 Å². The standard InChI is InChI=1S/C26H30N4O3/c1-18(30-14-3-2-6-25(30)32)24(17-31)28-21-9-7-19(8-10-21)15-22-11-12-23(29-22)26(33)20-5-4-13-27-16-20/h2-10,13-14,16-18,22-23,26,28-29,31,33H,11-12,15H2,1H3/b24-17+/t18-,22-,23+,26+/m0/s1. The largest absolute Gasteiger partial charge is 0.514 e. The van der Waals surface area contributed by atoms with Gasteiger partial charge in [0.25, 0.3) is 5.56 Å². The lowest BCUT2D eigenvalue weighted by Crippen LogP contribution is -2.35. The fourth-order valence-electron chi connectivity index (χ4n) is 4.37. The SMILES string of the molecule is C[C@@H](/C(=C\O)Nc1ccc(C[C@@H]2CC[C@H]([C@H](O)c3cccnc3)N2)cc1)n1ccccc1=O. The monoisotopic (exact) mass is 446 g/mol. The van der Waals surface area contributed by atoms with Crippen molar-refractivity contribution < 1.29 is 10.2 Å². The Hall–Kier alpha value is -3.42. The third kappa shape index (κ3) is 5.50. The molecule has 1 fully saturated rings. The molecule has 0 bridgehead atoms. The molecule has 4 atom stereocenters. The number of aromatic nitrogens is 2. The molecular formula is C26H30N4O3. The van der Waals surface area contributed by atoms with E-state index in [1.165, 1.54) is 11.6 Å². The maximum Gasteiger partial charge on any atom is 0.251 e. The van der Waals surface area contributed by atoms with Crippen LogP contribution in [0.4, 0.5) is 5.69 Å². The van der Waals surface area contributed by atoms with Crippen LogP contribution in [0.2, 0.25) is 0 Å². The highest BCUT2D eigenvalue weighted by molar-refractivity contribution is 5.49. The first kappa shape index (κ1) is 22.8. The number of benzene rings is 1. The molecule has 0 unspecified atom stereocenters. The Morgan fingerprint density at radius 3 is 2.73 bits per heavy atom. The van der Waals surface area contributed by atoms with Crippen molar-refractivity contribution in [3.05, 3.63) is 107 Å². The van der Waals surface area contributed by atoms with Gasteiger partial charge in [0.05, 0.1) is 17.8 Å². The van der Waals surface area contributed by atoms with Crippen LogP contribution in [0.25, 0.3) is 0 Å². The van der Waals surface area contributed by atoms with E-state index in [0.29, 0.717) is 11.7 Å². The number of aliphatic hydroxyl groups is 2. The van der Waals surface area contributed by atoms with E-state index in [0.717, 1.165) is 36.8 Å². The minimum Gasteiger partial charge on any atom is -0.514 e. The average Bonchev–Trinajstić information content (AvgIpc) is 3.32. The number of rotatable bonds is 8. The highest BCUT2D eigenvalue weighted by atomic mass is 16.3. The van der Waals surface area contributed by atoms with Gasteiger partial charge in [-0.15, -0.1) is 0 Å². The molecule has 1 aromatic carbocycles.